The molecule has 4 nitrogen and oxygen atoms in total. The largest absolute Gasteiger partial charge is 0.406 e. The Labute approximate surface area is 134 Å². The summed E-state index contributed by atoms with van der Waals surface area (Å²) in [6, 6.07) is 3.82. The number of piperidine rings is 1. The number of hydrogen-bond acceptors (Lipinski definition) is 3. The molecule has 1 saturated heterocycles. The Balaban J connectivity index is 1.95. The van der Waals surface area contributed by atoms with Crippen molar-refractivity contribution in [1.82, 2.24) is 14.8 Å². The van der Waals surface area contributed by atoms with Gasteiger partial charge in [-0.3, -0.25) is 14.7 Å². The molecule has 0 aromatic carbocycles. The van der Waals surface area contributed by atoms with Gasteiger partial charge in [0.2, 0.25) is 5.91 Å². The molecule has 1 aliphatic heterocycles. The number of carbonyl (C=O) groups excluding carboxylic acids is 1. The lowest BCUT2D eigenvalue weighted by atomic mass is 9.96. The Hall–Kier alpha value is -1.63. The van der Waals surface area contributed by atoms with Gasteiger partial charge in [-0.05, 0) is 44.0 Å². The molecule has 0 aliphatic carbocycles. The lowest BCUT2D eigenvalue weighted by Crippen LogP contribution is -2.47. The lowest BCUT2D eigenvalue weighted by Gasteiger charge is -2.35. The standard InChI is InChI=1S/C16H22F3N3O/c1-2-22(12-16(17,18)19)15(23)14-4-3-9-21(11-14)10-13-5-7-20-8-6-13/h5-8,14H,2-4,9-12H2,1H3/t14-/m1/s1. The minimum absolute atomic E-state index is 0.0825. The third-order valence-corrected chi connectivity index (χ3v) is 4.07. The van der Waals surface area contributed by atoms with E-state index in [0.717, 1.165) is 23.4 Å². The van der Waals surface area contributed by atoms with Crippen LogP contribution >= 0.6 is 0 Å². The molecule has 2 rings (SSSR count). The van der Waals surface area contributed by atoms with Crippen molar-refractivity contribution >= 4 is 5.91 Å². The Bertz CT molecular complexity index is 507. The van der Waals surface area contributed by atoms with Crippen molar-refractivity contribution in [2.75, 3.05) is 26.2 Å². The molecule has 1 fully saturated rings. The van der Waals surface area contributed by atoms with Crippen LogP contribution in [-0.2, 0) is 11.3 Å². The summed E-state index contributed by atoms with van der Waals surface area (Å²) in [7, 11) is 0. The van der Waals surface area contributed by atoms with Crippen LogP contribution in [0.5, 0.6) is 0 Å². The van der Waals surface area contributed by atoms with Gasteiger partial charge in [-0.1, -0.05) is 0 Å². The molecule has 0 unspecified atom stereocenters. The topological polar surface area (TPSA) is 36.4 Å². The predicted molar refractivity (Wildman–Crippen MR) is 80.5 cm³/mol. The number of likely N-dealkylation sites (tertiary alicyclic amines) is 1. The highest BCUT2D eigenvalue weighted by molar-refractivity contribution is 5.79. The van der Waals surface area contributed by atoms with Gasteiger partial charge in [0.15, 0.2) is 0 Å². The van der Waals surface area contributed by atoms with E-state index in [9.17, 15) is 18.0 Å². The Kier molecular flexibility index (Phi) is 5.98. The molecule has 2 heterocycles. The monoisotopic (exact) mass is 329 g/mol. The first-order chi connectivity index (χ1) is 10.9. The number of rotatable bonds is 5. The van der Waals surface area contributed by atoms with Gasteiger partial charge in [0.1, 0.15) is 6.54 Å². The second-order valence-corrected chi connectivity index (χ2v) is 5.90. The minimum atomic E-state index is -4.35. The fraction of sp³-hybridized carbons (Fsp3) is 0.625. The van der Waals surface area contributed by atoms with Crippen molar-refractivity contribution in [3.05, 3.63) is 30.1 Å². The van der Waals surface area contributed by atoms with Crippen molar-refractivity contribution in [3.63, 3.8) is 0 Å². The first kappa shape index (κ1) is 17.7. The van der Waals surface area contributed by atoms with Crippen LogP contribution in [0, 0.1) is 5.92 Å². The van der Waals surface area contributed by atoms with Gasteiger partial charge in [0, 0.05) is 32.0 Å². The Morgan fingerprint density at radius 1 is 1.39 bits per heavy atom. The molecule has 1 aliphatic rings. The highest BCUT2D eigenvalue weighted by Gasteiger charge is 2.35. The fourth-order valence-electron chi connectivity index (χ4n) is 2.97. The summed E-state index contributed by atoms with van der Waals surface area (Å²) in [6.45, 7) is 2.56. The summed E-state index contributed by atoms with van der Waals surface area (Å²) >= 11 is 0. The zero-order valence-corrected chi connectivity index (χ0v) is 13.2. The Morgan fingerprint density at radius 3 is 2.70 bits per heavy atom. The molecule has 1 aromatic heterocycles. The molecule has 23 heavy (non-hydrogen) atoms. The molecule has 1 atom stereocenters. The van der Waals surface area contributed by atoms with Gasteiger partial charge in [0.05, 0.1) is 5.92 Å². The van der Waals surface area contributed by atoms with Gasteiger partial charge in [-0.15, -0.1) is 0 Å². The fourth-order valence-corrected chi connectivity index (χ4v) is 2.97. The summed E-state index contributed by atoms with van der Waals surface area (Å²) in [5.74, 6) is -0.739. The quantitative estimate of drug-likeness (QED) is 0.833. The number of carbonyl (C=O) groups is 1. The van der Waals surface area contributed by atoms with E-state index >= 15 is 0 Å². The first-order valence-electron chi connectivity index (χ1n) is 7.86. The van der Waals surface area contributed by atoms with Gasteiger partial charge >= 0.3 is 6.18 Å². The molecule has 0 bridgehead atoms. The van der Waals surface area contributed by atoms with E-state index in [2.05, 4.69) is 9.88 Å². The van der Waals surface area contributed by atoms with Crippen molar-refractivity contribution in [3.8, 4) is 0 Å². The molecule has 0 radical (unpaired) electrons. The summed E-state index contributed by atoms with van der Waals surface area (Å²) in [5, 5.41) is 0. The lowest BCUT2D eigenvalue weighted by molar-refractivity contribution is -0.164. The number of hydrogen-bond donors (Lipinski definition) is 0. The van der Waals surface area contributed by atoms with Crippen molar-refractivity contribution < 1.29 is 18.0 Å². The first-order valence-corrected chi connectivity index (χ1v) is 7.86. The SMILES string of the molecule is CCN(CC(F)(F)F)C(=O)[C@@H]1CCCN(Cc2ccncc2)C1. The van der Waals surface area contributed by atoms with Gasteiger partial charge in [-0.25, -0.2) is 0 Å². The normalized spacial score (nSPS) is 19.6. The third-order valence-electron chi connectivity index (χ3n) is 4.07. The van der Waals surface area contributed by atoms with E-state index < -0.39 is 12.7 Å². The highest BCUT2D eigenvalue weighted by atomic mass is 19.4. The van der Waals surface area contributed by atoms with Gasteiger partial charge in [-0.2, -0.15) is 13.2 Å². The zero-order chi connectivity index (χ0) is 16.9. The maximum absolute atomic E-state index is 12.6. The maximum Gasteiger partial charge on any atom is 0.406 e. The second kappa shape index (κ2) is 7.77. The van der Waals surface area contributed by atoms with E-state index in [1.165, 1.54) is 0 Å². The summed E-state index contributed by atoms with van der Waals surface area (Å²) in [5.41, 5.74) is 1.09. The average molecular weight is 329 g/mol. The summed E-state index contributed by atoms with van der Waals surface area (Å²) in [6.07, 6.45) is 0.552. The number of amides is 1. The Morgan fingerprint density at radius 2 is 2.09 bits per heavy atom. The molecule has 1 aromatic rings. The van der Waals surface area contributed by atoms with Crippen LogP contribution in [0.3, 0.4) is 0 Å². The van der Waals surface area contributed by atoms with Crippen molar-refractivity contribution in [2.24, 2.45) is 5.92 Å². The molecular formula is C16H22F3N3O. The number of aromatic nitrogens is 1. The molecular weight excluding hydrogens is 307 g/mol. The van der Waals surface area contributed by atoms with Gasteiger partial charge in [0.25, 0.3) is 0 Å². The smallest absolute Gasteiger partial charge is 0.334 e. The number of pyridine rings is 1. The molecule has 0 spiro atoms. The molecule has 0 N–H and O–H groups in total. The van der Waals surface area contributed by atoms with E-state index in [1.807, 2.05) is 12.1 Å². The highest BCUT2D eigenvalue weighted by Crippen LogP contribution is 2.23. The van der Waals surface area contributed by atoms with Crippen LogP contribution in [-0.4, -0.2) is 53.0 Å². The van der Waals surface area contributed by atoms with Crippen molar-refractivity contribution in [1.29, 1.82) is 0 Å². The van der Waals surface area contributed by atoms with Crippen LogP contribution in [0.4, 0.5) is 13.2 Å². The minimum Gasteiger partial charge on any atom is -0.334 e. The van der Waals surface area contributed by atoms with E-state index in [4.69, 9.17) is 0 Å². The summed E-state index contributed by atoms with van der Waals surface area (Å²) in [4.78, 5) is 19.4. The summed E-state index contributed by atoms with van der Waals surface area (Å²) < 4.78 is 37.7. The van der Waals surface area contributed by atoms with Crippen LogP contribution in [0.1, 0.15) is 25.3 Å². The van der Waals surface area contributed by atoms with Crippen LogP contribution in [0.15, 0.2) is 24.5 Å². The third kappa shape index (κ3) is 5.49. The molecule has 7 heteroatoms. The van der Waals surface area contributed by atoms with E-state index in [0.29, 0.717) is 19.5 Å². The van der Waals surface area contributed by atoms with Crippen LogP contribution in [0.2, 0.25) is 0 Å². The molecule has 0 saturated carbocycles. The van der Waals surface area contributed by atoms with Crippen LogP contribution < -0.4 is 0 Å². The maximum atomic E-state index is 12.6. The van der Waals surface area contributed by atoms with E-state index in [-0.39, 0.29) is 18.4 Å². The van der Waals surface area contributed by atoms with Gasteiger partial charge < -0.3 is 4.90 Å². The van der Waals surface area contributed by atoms with Crippen molar-refractivity contribution in [2.45, 2.75) is 32.5 Å². The number of halogens is 3. The van der Waals surface area contributed by atoms with Crippen LogP contribution in [0.25, 0.3) is 0 Å². The zero-order valence-electron chi connectivity index (χ0n) is 13.2. The van der Waals surface area contributed by atoms with E-state index in [1.54, 1.807) is 19.3 Å². The number of alkyl halides is 3. The molecule has 128 valence electrons. The molecule has 1 amide bonds. The average Bonchev–Trinajstić information content (AvgIpc) is 2.52. The number of nitrogens with zero attached hydrogens (tertiary/aromatic N) is 3. The predicted octanol–water partition coefficient (Wildman–Crippen LogP) is 2.70. The second-order valence-electron chi connectivity index (χ2n) is 5.90.